The summed E-state index contributed by atoms with van der Waals surface area (Å²) in [5.74, 6) is 1.39. The van der Waals surface area contributed by atoms with Gasteiger partial charge in [-0.05, 0) is 25.7 Å². The quantitative estimate of drug-likeness (QED) is 0.674. The van der Waals surface area contributed by atoms with Crippen molar-refractivity contribution in [2.45, 2.75) is 39.5 Å². The lowest BCUT2D eigenvalue weighted by molar-refractivity contribution is -0.146. The molecular weight excluding hydrogens is 224 g/mol. The third-order valence-electron chi connectivity index (χ3n) is 3.02. The molecule has 1 fully saturated rings. The molecule has 0 aromatic carbocycles. The van der Waals surface area contributed by atoms with Gasteiger partial charge in [-0.2, -0.15) is 0 Å². The highest BCUT2D eigenvalue weighted by atomic mass is 32.2. The maximum Gasteiger partial charge on any atom is 0.309 e. The Labute approximate surface area is 100 Å². The summed E-state index contributed by atoms with van der Waals surface area (Å²) in [6.07, 6.45) is 4.96. The topological polar surface area (TPSA) is 43.4 Å². The summed E-state index contributed by atoms with van der Waals surface area (Å²) in [6, 6.07) is 0. The van der Waals surface area contributed by atoms with Crippen LogP contribution in [0.5, 0.6) is 0 Å². The molecule has 3 nitrogen and oxygen atoms in total. The minimum absolute atomic E-state index is 0.220. The molecule has 2 unspecified atom stereocenters. The second kappa shape index (κ2) is 7.05. The molecule has 0 spiro atoms. The Morgan fingerprint density at radius 2 is 2.06 bits per heavy atom. The Bertz CT molecular complexity index is 247. The minimum atomic E-state index is -0.865. The predicted octanol–water partition coefficient (Wildman–Crippen LogP) is 2.12. The number of hydrogen-bond acceptors (Lipinski definition) is 3. The fourth-order valence-electron chi connectivity index (χ4n) is 2.14. The maximum absolute atomic E-state index is 11.8. The summed E-state index contributed by atoms with van der Waals surface area (Å²) >= 11 is 0. The summed E-state index contributed by atoms with van der Waals surface area (Å²) in [5.41, 5.74) is 0. The number of esters is 1. The lowest BCUT2D eigenvalue weighted by atomic mass is 10.1. The van der Waals surface area contributed by atoms with Crippen molar-refractivity contribution in [1.82, 2.24) is 0 Å². The summed E-state index contributed by atoms with van der Waals surface area (Å²) in [4.78, 5) is 11.4. The molecule has 0 saturated heterocycles. The van der Waals surface area contributed by atoms with Crippen molar-refractivity contribution >= 4 is 16.8 Å². The molecule has 94 valence electrons. The van der Waals surface area contributed by atoms with E-state index in [0.717, 1.165) is 5.75 Å². The molecule has 1 saturated carbocycles. The first-order chi connectivity index (χ1) is 7.63. The highest BCUT2D eigenvalue weighted by Gasteiger charge is 2.21. The normalized spacial score (nSPS) is 20.6. The molecule has 2 atom stereocenters. The van der Waals surface area contributed by atoms with E-state index in [-0.39, 0.29) is 11.9 Å². The van der Waals surface area contributed by atoms with Crippen LogP contribution in [0.3, 0.4) is 0 Å². The van der Waals surface area contributed by atoms with Crippen molar-refractivity contribution < 1.29 is 13.7 Å². The average Bonchev–Trinajstić information content (AvgIpc) is 2.70. The summed E-state index contributed by atoms with van der Waals surface area (Å²) in [5, 5.41) is 0. The van der Waals surface area contributed by atoms with Crippen LogP contribution >= 0.6 is 0 Å². The van der Waals surface area contributed by atoms with Gasteiger partial charge in [0.15, 0.2) is 0 Å². The highest BCUT2D eigenvalue weighted by Crippen LogP contribution is 2.25. The predicted molar refractivity (Wildman–Crippen MR) is 65.6 cm³/mol. The molecule has 0 bridgehead atoms. The van der Waals surface area contributed by atoms with E-state index in [1.54, 1.807) is 13.8 Å². The van der Waals surface area contributed by atoms with Crippen LogP contribution in [0.25, 0.3) is 0 Å². The first kappa shape index (κ1) is 13.7. The van der Waals surface area contributed by atoms with Gasteiger partial charge in [-0.25, -0.2) is 0 Å². The van der Waals surface area contributed by atoms with Gasteiger partial charge in [0, 0.05) is 22.3 Å². The zero-order chi connectivity index (χ0) is 12.0. The van der Waals surface area contributed by atoms with Gasteiger partial charge in [0.05, 0.1) is 12.5 Å². The first-order valence-electron chi connectivity index (χ1n) is 6.15. The molecular formula is C12H22O3S. The molecule has 0 heterocycles. The zero-order valence-corrected chi connectivity index (χ0v) is 11.1. The van der Waals surface area contributed by atoms with E-state index in [1.807, 2.05) is 0 Å². The molecule has 0 radical (unpaired) electrons. The van der Waals surface area contributed by atoms with E-state index < -0.39 is 10.8 Å². The second-order valence-corrected chi connectivity index (χ2v) is 6.12. The van der Waals surface area contributed by atoms with Gasteiger partial charge in [-0.3, -0.25) is 9.00 Å². The van der Waals surface area contributed by atoms with E-state index in [4.69, 9.17) is 4.74 Å². The molecule has 1 rings (SSSR count). The van der Waals surface area contributed by atoms with Crippen LogP contribution in [0.4, 0.5) is 0 Å². The Morgan fingerprint density at radius 1 is 1.44 bits per heavy atom. The third kappa shape index (κ3) is 4.64. The van der Waals surface area contributed by atoms with Gasteiger partial charge >= 0.3 is 5.97 Å². The van der Waals surface area contributed by atoms with Crippen LogP contribution in [0, 0.1) is 11.8 Å². The Balaban J connectivity index is 2.24. The first-order valence-corrected chi connectivity index (χ1v) is 7.64. The van der Waals surface area contributed by atoms with Crippen LogP contribution < -0.4 is 0 Å². The van der Waals surface area contributed by atoms with Gasteiger partial charge in [-0.15, -0.1) is 0 Å². The van der Waals surface area contributed by atoms with Crippen LogP contribution in [0.15, 0.2) is 0 Å². The average molecular weight is 246 g/mol. The van der Waals surface area contributed by atoms with E-state index in [0.29, 0.717) is 18.3 Å². The Kier molecular flexibility index (Phi) is 6.03. The smallest absolute Gasteiger partial charge is 0.309 e. The van der Waals surface area contributed by atoms with Crippen molar-refractivity contribution in [3.05, 3.63) is 0 Å². The lowest BCUT2D eigenvalue weighted by Crippen LogP contribution is -2.23. The largest absolute Gasteiger partial charge is 0.466 e. The molecule has 4 heteroatoms. The van der Waals surface area contributed by atoms with Crippen LogP contribution in [-0.2, 0) is 20.3 Å². The van der Waals surface area contributed by atoms with E-state index in [1.165, 1.54) is 25.7 Å². The fourth-order valence-corrected chi connectivity index (χ4v) is 3.83. The third-order valence-corrected chi connectivity index (χ3v) is 4.74. The van der Waals surface area contributed by atoms with Crippen LogP contribution in [0.1, 0.15) is 39.5 Å². The lowest BCUT2D eigenvalue weighted by Gasteiger charge is -2.12. The maximum atomic E-state index is 11.8. The number of rotatable bonds is 6. The molecule has 0 aromatic rings. The van der Waals surface area contributed by atoms with Crippen LogP contribution in [0.2, 0.25) is 0 Å². The van der Waals surface area contributed by atoms with Crippen molar-refractivity contribution in [1.29, 1.82) is 0 Å². The van der Waals surface area contributed by atoms with Gasteiger partial charge in [-0.1, -0.05) is 19.8 Å². The number of ether oxygens (including phenoxy) is 1. The van der Waals surface area contributed by atoms with E-state index >= 15 is 0 Å². The molecule has 0 amide bonds. The van der Waals surface area contributed by atoms with Gasteiger partial charge in [0.1, 0.15) is 0 Å². The number of hydrogen-bond donors (Lipinski definition) is 0. The highest BCUT2D eigenvalue weighted by molar-refractivity contribution is 7.85. The van der Waals surface area contributed by atoms with Crippen molar-refractivity contribution in [2.75, 3.05) is 18.1 Å². The Morgan fingerprint density at radius 3 is 2.62 bits per heavy atom. The fraction of sp³-hybridized carbons (Fsp3) is 0.917. The molecule has 0 aliphatic heterocycles. The molecule has 1 aliphatic carbocycles. The van der Waals surface area contributed by atoms with Crippen LogP contribution in [-0.4, -0.2) is 28.3 Å². The summed E-state index contributed by atoms with van der Waals surface area (Å²) < 4.78 is 16.7. The van der Waals surface area contributed by atoms with Gasteiger partial charge in [0.2, 0.25) is 0 Å². The van der Waals surface area contributed by atoms with Gasteiger partial charge < -0.3 is 4.74 Å². The Hall–Kier alpha value is -0.380. The summed E-state index contributed by atoms with van der Waals surface area (Å²) in [7, 11) is -0.865. The van der Waals surface area contributed by atoms with Crippen molar-refractivity contribution in [3.63, 3.8) is 0 Å². The zero-order valence-electron chi connectivity index (χ0n) is 10.2. The van der Waals surface area contributed by atoms with E-state index in [9.17, 15) is 9.00 Å². The van der Waals surface area contributed by atoms with Gasteiger partial charge in [0.25, 0.3) is 0 Å². The standard InChI is InChI=1S/C12H22O3S/c1-3-15-12(13)10(2)8-16(14)9-11-6-4-5-7-11/h10-11H,3-9H2,1-2H3. The number of carbonyl (C=O) groups excluding carboxylic acids is 1. The number of carbonyl (C=O) groups is 1. The van der Waals surface area contributed by atoms with E-state index in [2.05, 4.69) is 0 Å². The molecule has 0 N–H and O–H groups in total. The minimum Gasteiger partial charge on any atom is -0.466 e. The monoisotopic (exact) mass is 246 g/mol. The SMILES string of the molecule is CCOC(=O)C(C)CS(=O)CC1CCCC1. The molecule has 16 heavy (non-hydrogen) atoms. The second-order valence-electron chi connectivity index (χ2n) is 4.58. The summed E-state index contributed by atoms with van der Waals surface area (Å²) in [6.45, 7) is 3.99. The van der Waals surface area contributed by atoms with Crippen molar-refractivity contribution in [2.24, 2.45) is 11.8 Å². The van der Waals surface area contributed by atoms with Crippen molar-refractivity contribution in [3.8, 4) is 0 Å². The molecule has 0 aromatic heterocycles. The molecule has 1 aliphatic rings.